The van der Waals surface area contributed by atoms with Crippen molar-refractivity contribution < 1.29 is 33.3 Å². The standard InChI is InChI=1S/C20H18N8O6S2/c1-33-26-12(10-7-36-20(22)24-10)15(29)25-13-16(30)28-14(18(31)32)8(6-35-17(13)28)4-27-3-2-11-9(5-27)23-19(21)34-11/h2-3,5,7,13,17H,4,6H2,1H3,(H5-,21,22,23,24,25,29,31,32)/t13?,17-/m0/s1. The van der Waals surface area contributed by atoms with Gasteiger partial charge in [0.25, 0.3) is 17.8 Å². The fourth-order valence-electron chi connectivity index (χ4n) is 3.95. The van der Waals surface area contributed by atoms with Crippen LogP contribution in [-0.2, 0) is 25.8 Å². The van der Waals surface area contributed by atoms with Gasteiger partial charge in [0.1, 0.15) is 24.2 Å². The van der Waals surface area contributed by atoms with E-state index in [2.05, 4.69) is 20.4 Å². The molecule has 0 spiro atoms. The largest absolute Gasteiger partial charge is 0.543 e. The SMILES string of the molecule is CON=C(C(=O)NC1C(=O)N2C(C(=O)[O-])=C(C[n+]3ccc4oc(N)nc4c3)CS[C@@H]12)c1csc(N)n1. The van der Waals surface area contributed by atoms with Crippen LogP contribution in [0, 0.1) is 0 Å². The number of thiazole rings is 1. The number of fused-ring (bicyclic) bond motifs is 2. The van der Waals surface area contributed by atoms with E-state index in [1.807, 2.05) is 0 Å². The van der Waals surface area contributed by atoms with E-state index in [0.29, 0.717) is 16.7 Å². The zero-order valence-corrected chi connectivity index (χ0v) is 20.2. The van der Waals surface area contributed by atoms with Crippen LogP contribution in [0.5, 0.6) is 0 Å². The molecule has 0 radical (unpaired) electrons. The van der Waals surface area contributed by atoms with Crippen LogP contribution in [0.4, 0.5) is 11.1 Å². The molecule has 0 bridgehead atoms. The smallest absolute Gasteiger partial charge is 0.293 e. The molecular formula is C20H18N8O6S2. The van der Waals surface area contributed by atoms with Crippen LogP contribution in [0.1, 0.15) is 5.69 Å². The number of carboxylic acid groups (broad SMARTS) is 1. The molecule has 16 heteroatoms. The first-order valence-electron chi connectivity index (χ1n) is 10.3. The number of nitrogens with zero attached hydrogens (tertiary/aromatic N) is 5. The Balaban J connectivity index is 1.36. The van der Waals surface area contributed by atoms with Crippen LogP contribution in [0.15, 0.2) is 44.7 Å². The minimum atomic E-state index is -1.49. The Hall–Kier alpha value is -4.18. The van der Waals surface area contributed by atoms with Crippen LogP contribution in [0.3, 0.4) is 0 Å². The van der Waals surface area contributed by atoms with Gasteiger partial charge in [-0.05, 0) is 0 Å². The minimum Gasteiger partial charge on any atom is -0.543 e. The van der Waals surface area contributed by atoms with Crippen LogP contribution < -0.4 is 26.5 Å². The van der Waals surface area contributed by atoms with Gasteiger partial charge in [0.2, 0.25) is 0 Å². The number of oxazole rings is 1. The molecule has 0 aliphatic carbocycles. The molecule has 5 rings (SSSR count). The zero-order valence-electron chi connectivity index (χ0n) is 18.5. The number of aliphatic carboxylic acids is 1. The molecule has 36 heavy (non-hydrogen) atoms. The van der Waals surface area contributed by atoms with E-state index in [0.717, 1.165) is 16.2 Å². The van der Waals surface area contributed by atoms with Gasteiger partial charge in [-0.2, -0.15) is 9.55 Å². The first-order valence-corrected chi connectivity index (χ1v) is 12.3. The molecule has 1 saturated heterocycles. The van der Waals surface area contributed by atoms with Gasteiger partial charge in [-0.15, -0.1) is 23.1 Å². The van der Waals surface area contributed by atoms with Gasteiger partial charge < -0.3 is 35.9 Å². The molecule has 186 valence electrons. The average Bonchev–Trinajstić information content (AvgIpc) is 3.44. The second-order valence-electron chi connectivity index (χ2n) is 7.71. The molecule has 0 saturated carbocycles. The molecule has 2 aliphatic heterocycles. The van der Waals surface area contributed by atoms with E-state index in [4.69, 9.17) is 20.7 Å². The Morgan fingerprint density at radius 1 is 1.42 bits per heavy atom. The summed E-state index contributed by atoms with van der Waals surface area (Å²) in [6.45, 7) is 0.169. The fraction of sp³-hybridized carbons (Fsp3) is 0.250. The highest BCUT2D eigenvalue weighted by molar-refractivity contribution is 8.00. The molecule has 3 aromatic rings. The Kier molecular flexibility index (Phi) is 5.97. The number of aromatic nitrogens is 3. The van der Waals surface area contributed by atoms with Crippen LogP contribution in [-0.4, -0.2) is 62.6 Å². The van der Waals surface area contributed by atoms with Crippen molar-refractivity contribution in [3.05, 3.63) is 40.8 Å². The van der Waals surface area contributed by atoms with Crippen molar-refractivity contribution in [1.29, 1.82) is 0 Å². The molecule has 5 N–H and O–H groups in total. The van der Waals surface area contributed by atoms with Crippen molar-refractivity contribution in [2.24, 2.45) is 5.16 Å². The number of β-lactam (4-membered cyclic amide) rings is 1. The Bertz CT molecular complexity index is 1460. The summed E-state index contributed by atoms with van der Waals surface area (Å²) in [7, 11) is 1.27. The number of rotatable bonds is 7. The van der Waals surface area contributed by atoms with Crippen LogP contribution in [0.25, 0.3) is 11.1 Å². The quantitative estimate of drug-likeness (QED) is 0.134. The number of carboxylic acids is 1. The lowest BCUT2D eigenvalue weighted by Gasteiger charge is -2.50. The molecule has 2 atom stereocenters. The van der Waals surface area contributed by atoms with Crippen molar-refractivity contribution in [2.75, 3.05) is 24.3 Å². The summed E-state index contributed by atoms with van der Waals surface area (Å²) in [5, 5.41) is 19.5. The number of thioether (sulfide) groups is 1. The van der Waals surface area contributed by atoms with Gasteiger partial charge in [0.15, 0.2) is 40.9 Å². The highest BCUT2D eigenvalue weighted by Gasteiger charge is 2.53. The van der Waals surface area contributed by atoms with Gasteiger partial charge in [-0.25, -0.2) is 4.98 Å². The van der Waals surface area contributed by atoms with Crippen molar-refractivity contribution in [3.8, 4) is 0 Å². The summed E-state index contributed by atoms with van der Waals surface area (Å²) in [6.07, 6.45) is 3.35. The number of nitrogen functional groups attached to an aromatic ring is 2. The van der Waals surface area contributed by atoms with Crippen molar-refractivity contribution in [2.45, 2.75) is 18.0 Å². The number of hydrogen-bond acceptors (Lipinski definition) is 13. The lowest BCUT2D eigenvalue weighted by Crippen LogP contribution is -2.71. The number of pyridine rings is 1. The van der Waals surface area contributed by atoms with E-state index in [-0.39, 0.29) is 40.5 Å². The summed E-state index contributed by atoms with van der Waals surface area (Å²) in [5.74, 6) is -2.49. The number of carbonyl (C=O) groups excluding carboxylic acids is 3. The predicted molar refractivity (Wildman–Crippen MR) is 126 cm³/mol. The van der Waals surface area contributed by atoms with Gasteiger partial charge in [0, 0.05) is 22.8 Å². The average molecular weight is 531 g/mol. The first-order chi connectivity index (χ1) is 17.3. The Morgan fingerprint density at radius 2 is 2.22 bits per heavy atom. The highest BCUT2D eigenvalue weighted by Crippen LogP contribution is 2.40. The maximum atomic E-state index is 13.0. The van der Waals surface area contributed by atoms with Gasteiger partial charge in [-0.3, -0.25) is 14.5 Å². The summed E-state index contributed by atoms with van der Waals surface area (Å²) in [6, 6.07) is 0.704. The maximum absolute atomic E-state index is 13.0. The Morgan fingerprint density at radius 3 is 2.92 bits per heavy atom. The molecule has 1 fully saturated rings. The predicted octanol–water partition coefficient (Wildman–Crippen LogP) is -1.81. The van der Waals surface area contributed by atoms with Crippen LogP contribution in [0.2, 0.25) is 0 Å². The first kappa shape index (κ1) is 23.6. The summed E-state index contributed by atoms with van der Waals surface area (Å²) in [5.41, 5.74) is 12.5. The molecule has 1 unspecified atom stereocenters. The van der Waals surface area contributed by atoms with Crippen LogP contribution >= 0.6 is 23.1 Å². The van der Waals surface area contributed by atoms with E-state index < -0.39 is 29.2 Å². The van der Waals surface area contributed by atoms with E-state index in [1.165, 1.54) is 24.3 Å². The number of amides is 2. The third kappa shape index (κ3) is 4.09. The molecular weight excluding hydrogens is 512 g/mol. The third-order valence-electron chi connectivity index (χ3n) is 5.47. The molecule has 0 aromatic carbocycles. The summed E-state index contributed by atoms with van der Waals surface area (Å²) in [4.78, 5) is 51.8. The van der Waals surface area contributed by atoms with Gasteiger partial charge >= 0.3 is 0 Å². The number of hydrogen-bond donors (Lipinski definition) is 3. The van der Waals surface area contributed by atoms with Crippen molar-refractivity contribution in [3.63, 3.8) is 0 Å². The lowest BCUT2D eigenvalue weighted by atomic mass is 10.0. The lowest BCUT2D eigenvalue weighted by molar-refractivity contribution is -0.687. The Labute approximate surface area is 210 Å². The topological polar surface area (TPSA) is 206 Å². The maximum Gasteiger partial charge on any atom is 0.293 e. The molecule has 14 nitrogen and oxygen atoms in total. The number of nitrogens with one attached hydrogen (secondary N) is 1. The highest BCUT2D eigenvalue weighted by atomic mass is 32.2. The number of oxime groups is 1. The molecule has 2 aliphatic rings. The molecule has 2 amide bonds. The monoisotopic (exact) mass is 530 g/mol. The number of anilines is 2. The number of nitrogens with two attached hydrogens (primary N) is 2. The number of carbonyl (C=O) groups is 3. The van der Waals surface area contributed by atoms with E-state index in [9.17, 15) is 19.5 Å². The van der Waals surface area contributed by atoms with E-state index >= 15 is 0 Å². The summed E-state index contributed by atoms with van der Waals surface area (Å²) < 4.78 is 6.96. The molecule has 3 aromatic heterocycles. The third-order valence-corrected chi connectivity index (χ3v) is 7.48. The van der Waals surface area contributed by atoms with Gasteiger partial charge in [-0.1, -0.05) is 5.16 Å². The molecule has 5 heterocycles. The second kappa shape index (κ2) is 9.12. The van der Waals surface area contributed by atoms with Crippen molar-refractivity contribution >= 4 is 68.8 Å². The van der Waals surface area contributed by atoms with Gasteiger partial charge in [0.05, 0.1) is 11.7 Å². The minimum absolute atomic E-state index is 0.0182. The summed E-state index contributed by atoms with van der Waals surface area (Å²) >= 11 is 2.43. The van der Waals surface area contributed by atoms with Crippen molar-refractivity contribution in [1.82, 2.24) is 20.2 Å². The second-order valence-corrected chi connectivity index (χ2v) is 9.71. The van der Waals surface area contributed by atoms with E-state index in [1.54, 1.807) is 23.0 Å². The normalized spacial score (nSPS) is 19.8. The fourth-order valence-corrected chi connectivity index (χ4v) is 5.83. The zero-order chi connectivity index (χ0) is 25.6.